The van der Waals surface area contributed by atoms with Crippen molar-refractivity contribution in [3.05, 3.63) is 35.4 Å². The molecule has 0 aliphatic carbocycles. The minimum absolute atomic E-state index is 0.516. The number of anilines is 2. The van der Waals surface area contributed by atoms with Gasteiger partial charge >= 0.3 is 0 Å². The smallest absolute Gasteiger partial charge is 0.210 e. The van der Waals surface area contributed by atoms with Crippen LogP contribution in [0.3, 0.4) is 0 Å². The van der Waals surface area contributed by atoms with Gasteiger partial charge in [-0.05, 0) is 19.4 Å². The van der Waals surface area contributed by atoms with E-state index in [-0.39, 0.29) is 0 Å². The predicted molar refractivity (Wildman–Crippen MR) is 72.2 cm³/mol. The summed E-state index contributed by atoms with van der Waals surface area (Å²) < 4.78 is 0. The largest absolute Gasteiger partial charge is 0.374 e. The lowest BCUT2D eigenvalue weighted by Gasteiger charge is -2.19. The third-order valence-electron chi connectivity index (χ3n) is 2.58. The molecule has 2 rings (SSSR count). The van der Waals surface area contributed by atoms with Crippen molar-refractivity contribution in [2.45, 2.75) is 20.4 Å². The fourth-order valence-corrected chi connectivity index (χ4v) is 2.26. The van der Waals surface area contributed by atoms with E-state index in [1.54, 1.807) is 0 Å². The third-order valence-corrected chi connectivity index (χ3v) is 3.39. The molecule has 0 atom stereocenters. The Morgan fingerprint density at radius 1 is 1.24 bits per heavy atom. The molecule has 1 heterocycles. The van der Waals surface area contributed by atoms with Crippen molar-refractivity contribution in [3.63, 3.8) is 0 Å². The average molecular weight is 248 g/mol. The second-order valence-electron chi connectivity index (χ2n) is 3.92. The Kier molecular flexibility index (Phi) is 3.58. The number of nitrogens with two attached hydrogens (primary N) is 1. The quantitative estimate of drug-likeness (QED) is 0.903. The zero-order valence-electron chi connectivity index (χ0n) is 10.1. The molecule has 0 saturated heterocycles. The molecule has 0 aliphatic rings. The van der Waals surface area contributed by atoms with Crippen molar-refractivity contribution in [2.24, 2.45) is 0 Å². The van der Waals surface area contributed by atoms with Crippen LogP contribution in [-0.2, 0) is 6.54 Å². The van der Waals surface area contributed by atoms with Crippen molar-refractivity contribution in [1.82, 2.24) is 10.2 Å². The molecule has 2 aromatic rings. The lowest BCUT2D eigenvalue weighted by Crippen LogP contribution is -2.21. The van der Waals surface area contributed by atoms with Crippen LogP contribution in [0.5, 0.6) is 0 Å². The summed E-state index contributed by atoms with van der Waals surface area (Å²) in [6.07, 6.45) is 0. The zero-order valence-corrected chi connectivity index (χ0v) is 10.9. The number of rotatable bonds is 4. The molecule has 0 spiro atoms. The van der Waals surface area contributed by atoms with Crippen molar-refractivity contribution in [1.29, 1.82) is 0 Å². The Morgan fingerprint density at radius 3 is 2.47 bits per heavy atom. The molecule has 4 nitrogen and oxygen atoms in total. The van der Waals surface area contributed by atoms with Gasteiger partial charge in [-0.15, -0.1) is 10.2 Å². The van der Waals surface area contributed by atoms with Crippen molar-refractivity contribution in [3.8, 4) is 0 Å². The van der Waals surface area contributed by atoms with Crippen LogP contribution in [0.4, 0.5) is 10.3 Å². The van der Waals surface area contributed by atoms with Gasteiger partial charge in [-0.2, -0.15) is 0 Å². The normalized spacial score (nSPS) is 10.5. The van der Waals surface area contributed by atoms with Gasteiger partial charge in [-0.3, -0.25) is 0 Å². The van der Waals surface area contributed by atoms with E-state index in [0.29, 0.717) is 5.13 Å². The summed E-state index contributed by atoms with van der Waals surface area (Å²) in [7, 11) is 0. The highest BCUT2D eigenvalue weighted by atomic mass is 32.1. The number of aryl methyl sites for hydroxylation is 1. The van der Waals surface area contributed by atoms with Crippen LogP contribution in [0.1, 0.15) is 18.1 Å². The predicted octanol–water partition coefficient (Wildman–Crippen LogP) is 2.46. The van der Waals surface area contributed by atoms with Crippen LogP contribution >= 0.6 is 11.3 Å². The molecule has 17 heavy (non-hydrogen) atoms. The van der Waals surface area contributed by atoms with Crippen LogP contribution in [0, 0.1) is 6.92 Å². The van der Waals surface area contributed by atoms with Gasteiger partial charge in [0.15, 0.2) is 0 Å². The summed E-state index contributed by atoms with van der Waals surface area (Å²) in [6.45, 7) is 5.92. The van der Waals surface area contributed by atoms with E-state index in [4.69, 9.17) is 5.73 Å². The number of nitrogens with zero attached hydrogens (tertiary/aromatic N) is 3. The molecule has 0 fully saturated rings. The van der Waals surface area contributed by atoms with Gasteiger partial charge in [0, 0.05) is 13.1 Å². The second kappa shape index (κ2) is 5.14. The maximum Gasteiger partial charge on any atom is 0.210 e. The molecule has 0 saturated carbocycles. The average Bonchev–Trinajstić information content (AvgIpc) is 2.75. The standard InChI is InChI=1S/C12H16N4S/c1-3-16(12-15-14-11(13)17-12)8-10-6-4-9(2)5-7-10/h4-7H,3,8H2,1-2H3,(H2,13,14). The lowest BCUT2D eigenvalue weighted by atomic mass is 10.1. The van der Waals surface area contributed by atoms with Crippen molar-refractivity contribution in [2.75, 3.05) is 17.2 Å². The van der Waals surface area contributed by atoms with Gasteiger partial charge in [0.2, 0.25) is 10.3 Å². The first kappa shape index (κ1) is 11.9. The second-order valence-corrected chi connectivity index (χ2v) is 4.91. The van der Waals surface area contributed by atoms with Gasteiger partial charge in [0.1, 0.15) is 0 Å². The minimum atomic E-state index is 0.516. The Morgan fingerprint density at radius 2 is 1.94 bits per heavy atom. The first-order valence-corrected chi connectivity index (χ1v) is 6.40. The third kappa shape index (κ3) is 2.94. The van der Waals surface area contributed by atoms with Crippen LogP contribution in [-0.4, -0.2) is 16.7 Å². The van der Waals surface area contributed by atoms with Crippen LogP contribution < -0.4 is 10.6 Å². The Balaban J connectivity index is 2.12. The molecule has 0 bridgehead atoms. The first-order chi connectivity index (χ1) is 8.19. The monoisotopic (exact) mass is 248 g/mol. The van der Waals surface area contributed by atoms with E-state index in [9.17, 15) is 0 Å². The summed E-state index contributed by atoms with van der Waals surface area (Å²) in [4.78, 5) is 2.17. The molecule has 90 valence electrons. The van der Waals surface area contributed by atoms with E-state index in [1.165, 1.54) is 22.5 Å². The molecule has 0 aliphatic heterocycles. The Hall–Kier alpha value is -1.62. The Bertz CT molecular complexity index is 478. The van der Waals surface area contributed by atoms with Crippen LogP contribution in [0.2, 0.25) is 0 Å². The minimum Gasteiger partial charge on any atom is -0.374 e. The molecule has 5 heteroatoms. The fraction of sp³-hybridized carbons (Fsp3) is 0.333. The summed E-state index contributed by atoms with van der Waals surface area (Å²) in [5, 5.41) is 9.31. The number of nitrogen functional groups attached to an aromatic ring is 1. The maximum atomic E-state index is 5.60. The summed E-state index contributed by atoms with van der Waals surface area (Å²) in [6, 6.07) is 8.53. The highest BCUT2D eigenvalue weighted by Crippen LogP contribution is 2.23. The molecule has 1 aromatic carbocycles. The SMILES string of the molecule is CCN(Cc1ccc(C)cc1)c1nnc(N)s1. The highest BCUT2D eigenvalue weighted by molar-refractivity contribution is 7.18. The van der Waals surface area contributed by atoms with E-state index in [2.05, 4.69) is 53.2 Å². The summed E-state index contributed by atoms with van der Waals surface area (Å²) in [5.74, 6) is 0. The molecule has 1 aromatic heterocycles. The van der Waals surface area contributed by atoms with Gasteiger partial charge in [-0.1, -0.05) is 41.2 Å². The van der Waals surface area contributed by atoms with E-state index >= 15 is 0 Å². The fourth-order valence-electron chi connectivity index (χ4n) is 1.58. The number of benzene rings is 1. The van der Waals surface area contributed by atoms with E-state index in [1.807, 2.05) is 0 Å². The molecule has 0 radical (unpaired) electrons. The summed E-state index contributed by atoms with van der Waals surface area (Å²) >= 11 is 1.42. The topological polar surface area (TPSA) is 55.0 Å². The maximum absolute atomic E-state index is 5.60. The molecule has 0 amide bonds. The van der Waals surface area contributed by atoms with Crippen molar-refractivity contribution >= 4 is 21.6 Å². The lowest BCUT2D eigenvalue weighted by molar-refractivity contribution is 0.815. The number of aromatic nitrogens is 2. The van der Waals surface area contributed by atoms with E-state index in [0.717, 1.165) is 18.2 Å². The summed E-state index contributed by atoms with van der Waals surface area (Å²) in [5.41, 5.74) is 8.15. The van der Waals surface area contributed by atoms with Gasteiger partial charge in [-0.25, -0.2) is 0 Å². The number of hydrogen-bond donors (Lipinski definition) is 1. The van der Waals surface area contributed by atoms with Gasteiger partial charge < -0.3 is 10.6 Å². The molecular formula is C12H16N4S. The van der Waals surface area contributed by atoms with Crippen LogP contribution in [0.25, 0.3) is 0 Å². The number of hydrogen-bond acceptors (Lipinski definition) is 5. The van der Waals surface area contributed by atoms with Gasteiger partial charge in [0.25, 0.3) is 0 Å². The highest BCUT2D eigenvalue weighted by Gasteiger charge is 2.10. The van der Waals surface area contributed by atoms with Crippen molar-refractivity contribution < 1.29 is 0 Å². The molecule has 0 unspecified atom stereocenters. The zero-order chi connectivity index (χ0) is 12.3. The first-order valence-electron chi connectivity index (χ1n) is 5.58. The molecule has 2 N–H and O–H groups in total. The van der Waals surface area contributed by atoms with E-state index < -0.39 is 0 Å². The Labute approximate surface area is 105 Å². The van der Waals surface area contributed by atoms with Crippen LogP contribution in [0.15, 0.2) is 24.3 Å². The molecular weight excluding hydrogens is 232 g/mol. The van der Waals surface area contributed by atoms with Gasteiger partial charge in [0.05, 0.1) is 0 Å².